The van der Waals surface area contributed by atoms with Crippen LogP contribution in [-0.2, 0) is 20.7 Å². The molecule has 2 aromatic carbocycles. The Hall–Kier alpha value is -3.67. The van der Waals surface area contributed by atoms with Crippen LogP contribution >= 0.6 is 0 Å². The Labute approximate surface area is 213 Å². The second kappa shape index (κ2) is 10.5. The van der Waals surface area contributed by atoms with E-state index in [1.807, 2.05) is 64.1 Å². The first-order valence-corrected chi connectivity index (χ1v) is 12.4. The molecule has 0 N–H and O–H groups in total. The van der Waals surface area contributed by atoms with Crippen LogP contribution in [0.25, 0.3) is 11.1 Å². The Bertz CT molecular complexity index is 1180. The molecule has 0 aliphatic heterocycles. The molecule has 0 spiro atoms. The number of amides is 1. The van der Waals surface area contributed by atoms with Gasteiger partial charge in [-0.05, 0) is 74.4 Å². The van der Waals surface area contributed by atoms with E-state index in [2.05, 4.69) is 29.2 Å². The Morgan fingerprint density at radius 1 is 0.972 bits per heavy atom. The summed E-state index contributed by atoms with van der Waals surface area (Å²) in [5.74, 6) is -0.494. The maximum atomic E-state index is 13.2. The molecule has 0 saturated heterocycles. The highest BCUT2D eigenvalue weighted by atomic mass is 16.6. The van der Waals surface area contributed by atoms with Crippen LogP contribution in [-0.4, -0.2) is 47.2 Å². The first-order valence-electron chi connectivity index (χ1n) is 12.4. The lowest BCUT2D eigenvalue weighted by molar-refractivity contribution is -0.160. The molecule has 4 rings (SSSR count). The molecule has 1 aromatic heterocycles. The summed E-state index contributed by atoms with van der Waals surface area (Å²) in [6.07, 6.45) is 2.24. The smallest absolute Gasteiger partial charge is 0.410 e. The summed E-state index contributed by atoms with van der Waals surface area (Å²) in [5.41, 5.74) is 5.88. The lowest BCUT2D eigenvalue weighted by Crippen LogP contribution is -2.46. The molecule has 6 heteroatoms. The predicted molar refractivity (Wildman–Crippen MR) is 140 cm³/mol. The maximum absolute atomic E-state index is 13.2. The Balaban J connectivity index is 1.47. The number of benzene rings is 2. The van der Waals surface area contributed by atoms with E-state index < -0.39 is 23.7 Å². The van der Waals surface area contributed by atoms with Gasteiger partial charge in [-0.1, -0.05) is 54.6 Å². The SMILES string of the molecule is Cc1ccc(CCC(C(=O)OC(C)(C)C)N(C)C(=O)OCC2c3ccccc3-c3ccccc32)cn1. The molecule has 1 amide bonds. The fourth-order valence-electron chi connectivity index (χ4n) is 4.61. The Morgan fingerprint density at radius 2 is 1.58 bits per heavy atom. The number of hydrogen-bond acceptors (Lipinski definition) is 5. The number of aromatic nitrogens is 1. The van der Waals surface area contributed by atoms with Gasteiger partial charge in [-0.15, -0.1) is 0 Å². The third-order valence-corrected chi connectivity index (χ3v) is 6.45. The van der Waals surface area contributed by atoms with Crippen molar-refractivity contribution in [3.63, 3.8) is 0 Å². The maximum Gasteiger partial charge on any atom is 0.410 e. The van der Waals surface area contributed by atoms with Crippen molar-refractivity contribution >= 4 is 12.1 Å². The monoisotopic (exact) mass is 486 g/mol. The van der Waals surface area contributed by atoms with Crippen LogP contribution in [0.1, 0.15) is 55.5 Å². The molecule has 0 fully saturated rings. The van der Waals surface area contributed by atoms with Gasteiger partial charge in [0.15, 0.2) is 0 Å². The van der Waals surface area contributed by atoms with Crippen LogP contribution in [0.15, 0.2) is 66.9 Å². The Kier molecular flexibility index (Phi) is 7.43. The first kappa shape index (κ1) is 25.4. The van der Waals surface area contributed by atoms with Crippen LogP contribution in [0.3, 0.4) is 0 Å². The van der Waals surface area contributed by atoms with Gasteiger partial charge >= 0.3 is 12.1 Å². The van der Waals surface area contributed by atoms with E-state index in [-0.39, 0.29) is 12.5 Å². The zero-order valence-electron chi connectivity index (χ0n) is 21.7. The molecule has 0 saturated carbocycles. The largest absolute Gasteiger partial charge is 0.458 e. The average Bonchev–Trinajstić information content (AvgIpc) is 3.16. The van der Waals surface area contributed by atoms with Gasteiger partial charge in [-0.25, -0.2) is 9.59 Å². The van der Waals surface area contributed by atoms with E-state index in [9.17, 15) is 9.59 Å². The summed E-state index contributed by atoms with van der Waals surface area (Å²) in [6, 6.07) is 19.6. The van der Waals surface area contributed by atoms with Crippen molar-refractivity contribution in [3.05, 3.63) is 89.2 Å². The van der Waals surface area contributed by atoms with Gasteiger partial charge in [-0.3, -0.25) is 9.88 Å². The molecule has 36 heavy (non-hydrogen) atoms. The van der Waals surface area contributed by atoms with Crippen molar-refractivity contribution in [2.75, 3.05) is 13.7 Å². The topological polar surface area (TPSA) is 68.7 Å². The molecule has 6 nitrogen and oxygen atoms in total. The van der Waals surface area contributed by atoms with Crippen molar-refractivity contribution < 1.29 is 19.1 Å². The number of carbonyl (C=O) groups is 2. The van der Waals surface area contributed by atoms with E-state index in [1.54, 1.807) is 13.2 Å². The second-order valence-electron chi connectivity index (χ2n) is 10.3. The molecule has 188 valence electrons. The lowest BCUT2D eigenvalue weighted by atomic mass is 9.98. The van der Waals surface area contributed by atoms with E-state index >= 15 is 0 Å². The number of ether oxygens (including phenoxy) is 2. The molecule has 1 unspecified atom stereocenters. The third-order valence-electron chi connectivity index (χ3n) is 6.45. The van der Waals surface area contributed by atoms with E-state index in [0.29, 0.717) is 12.8 Å². The van der Waals surface area contributed by atoms with Gasteiger partial charge in [0.25, 0.3) is 0 Å². The molecule has 0 radical (unpaired) electrons. The first-order chi connectivity index (χ1) is 17.1. The third kappa shape index (κ3) is 5.76. The average molecular weight is 487 g/mol. The van der Waals surface area contributed by atoms with Crippen molar-refractivity contribution in [2.24, 2.45) is 0 Å². The zero-order chi connectivity index (χ0) is 25.9. The molecule has 1 atom stereocenters. The number of fused-ring (bicyclic) bond motifs is 3. The number of nitrogens with zero attached hydrogens (tertiary/aromatic N) is 2. The summed E-state index contributed by atoms with van der Waals surface area (Å²) in [4.78, 5) is 31.9. The zero-order valence-corrected chi connectivity index (χ0v) is 21.7. The van der Waals surface area contributed by atoms with Crippen LogP contribution in [0.5, 0.6) is 0 Å². The van der Waals surface area contributed by atoms with Gasteiger partial charge in [0.05, 0.1) is 0 Å². The van der Waals surface area contributed by atoms with E-state index in [1.165, 1.54) is 16.0 Å². The van der Waals surface area contributed by atoms with Crippen molar-refractivity contribution in [1.82, 2.24) is 9.88 Å². The van der Waals surface area contributed by atoms with Gasteiger partial charge < -0.3 is 9.47 Å². The number of rotatable bonds is 7. The van der Waals surface area contributed by atoms with Gasteiger partial charge in [0, 0.05) is 24.9 Å². The van der Waals surface area contributed by atoms with Crippen LogP contribution in [0, 0.1) is 6.92 Å². The minimum absolute atomic E-state index is 0.0478. The number of esters is 1. The quantitative estimate of drug-likeness (QED) is 0.388. The van der Waals surface area contributed by atoms with Crippen LogP contribution in [0.4, 0.5) is 4.79 Å². The molecule has 1 aliphatic rings. The van der Waals surface area contributed by atoms with Crippen molar-refractivity contribution in [2.45, 2.75) is 58.1 Å². The highest BCUT2D eigenvalue weighted by molar-refractivity contribution is 5.82. The van der Waals surface area contributed by atoms with Crippen LogP contribution < -0.4 is 0 Å². The highest BCUT2D eigenvalue weighted by Gasteiger charge is 2.34. The summed E-state index contributed by atoms with van der Waals surface area (Å²) >= 11 is 0. The number of likely N-dealkylation sites (N-methyl/N-ethyl adjacent to an activating group) is 1. The van der Waals surface area contributed by atoms with Gasteiger partial charge in [0.2, 0.25) is 0 Å². The van der Waals surface area contributed by atoms with Gasteiger partial charge in [0.1, 0.15) is 18.2 Å². The molecular weight excluding hydrogens is 452 g/mol. The molecule has 3 aromatic rings. The van der Waals surface area contributed by atoms with E-state index in [4.69, 9.17) is 9.47 Å². The fourth-order valence-corrected chi connectivity index (χ4v) is 4.61. The minimum Gasteiger partial charge on any atom is -0.458 e. The highest BCUT2D eigenvalue weighted by Crippen LogP contribution is 2.44. The fraction of sp³-hybridized carbons (Fsp3) is 0.367. The predicted octanol–water partition coefficient (Wildman–Crippen LogP) is 5.91. The normalized spacial score (nSPS) is 13.5. The molecule has 1 heterocycles. The number of hydrogen-bond donors (Lipinski definition) is 0. The molecule has 1 aliphatic carbocycles. The number of carbonyl (C=O) groups excluding carboxylic acids is 2. The van der Waals surface area contributed by atoms with Gasteiger partial charge in [-0.2, -0.15) is 0 Å². The number of pyridine rings is 1. The summed E-state index contributed by atoms with van der Waals surface area (Å²) in [6.45, 7) is 7.58. The molecule has 0 bridgehead atoms. The van der Waals surface area contributed by atoms with Crippen molar-refractivity contribution in [3.8, 4) is 11.1 Å². The second-order valence-corrected chi connectivity index (χ2v) is 10.3. The molecular formula is C30H34N2O4. The summed E-state index contributed by atoms with van der Waals surface area (Å²) in [7, 11) is 1.60. The summed E-state index contributed by atoms with van der Waals surface area (Å²) < 4.78 is 11.4. The van der Waals surface area contributed by atoms with Crippen molar-refractivity contribution in [1.29, 1.82) is 0 Å². The minimum atomic E-state index is -0.777. The van der Waals surface area contributed by atoms with E-state index in [0.717, 1.165) is 22.4 Å². The Morgan fingerprint density at radius 3 is 2.14 bits per heavy atom. The standard InChI is InChI=1S/C30H34N2O4/c1-20-14-15-21(18-31-20)16-17-27(28(33)36-30(2,3)4)32(5)29(34)35-19-26-24-12-8-6-10-22(24)23-11-7-9-13-25(23)26/h6-15,18,26-27H,16-17,19H2,1-5H3. The van der Waals surface area contributed by atoms with Crippen LogP contribution in [0.2, 0.25) is 0 Å². The lowest BCUT2D eigenvalue weighted by Gasteiger charge is -2.30. The summed E-state index contributed by atoms with van der Waals surface area (Å²) in [5, 5.41) is 0. The number of aryl methyl sites for hydroxylation is 2.